The first-order valence-electron chi connectivity index (χ1n) is 7.33. The first-order valence-corrected chi connectivity index (χ1v) is 7.70. The molecule has 2 heterocycles. The van der Waals surface area contributed by atoms with Gasteiger partial charge in [-0.25, -0.2) is 9.78 Å². The lowest BCUT2D eigenvalue weighted by Gasteiger charge is -2.24. The van der Waals surface area contributed by atoms with E-state index in [0.717, 1.165) is 24.0 Å². The second kappa shape index (κ2) is 6.79. The summed E-state index contributed by atoms with van der Waals surface area (Å²) in [5.41, 5.74) is 1.98. The number of rotatable bonds is 3. The van der Waals surface area contributed by atoms with Crippen molar-refractivity contribution in [1.82, 2.24) is 9.88 Å². The number of hydrogen-bond acceptors (Lipinski definition) is 3. The zero-order valence-corrected chi connectivity index (χ0v) is 12.9. The molecule has 1 aromatic carbocycles. The zero-order valence-electron chi connectivity index (χ0n) is 12.1. The number of aromatic nitrogens is 1. The van der Waals surface area contributed by atoms with Gasteiger partial charge in [0.1, 0.15) is 11.8 Å². The summed E-state index contributed by atoms with van der Waals surface area (Å²) in [5, 5.41) is 0.458. The lowest BCUT2D eigenvalue weighted by molar-refractivity contribution is 0.0920. The van der Waals surface area contributed by atoms with Gasteiger partial charge in [0.15, 0.2) is 0 Å². The summed E-state index contributed by atoms with van der Waals surface area (Å²) in [6.45, 7) is 1.00. The van der Waals surface area contributed by atoms with E-state index >= 15 is 0 Å². The monoisotopic (exact) mass is 316 g/mol. The lowest BCUT2D eigenvalue weighted by Crippen LogP contribution is -2.31. The van der Waals surface area contributed by atoms with Crippen molar-refractivity contribution in [2.45, 2.75) is 25.5 Å². The Hall–Kier alpha value is -2.07. The first-order chi connectivity index (χ1) is 10.7. The molecule has 22 heavy (non-hydrogen) atoms. The van der Waals surface area contributed by atoms with Crippen molar-refractivity contribution in [3.8, 4) is 0 Å². The van der Waals surface area contributed by atoms with Crippen molar-refractivity contribution >= 4 is 17.7 Å². The summed E-state index contributed by atoms with van der Waals surface area (Å²) in [6.07, 6.45) is 3.34. The number of carbonyl (C=O) groups is 1. The van der Waals surface area contributed by atoms with Crippen LogP contribution >= 0.6 is 11.6 Å². The standard InChI is InChI=1S/C17H17ClN2O2/c18-16-9-8-14(11-19-16)15-7-4-10-20(15)17(21)22-12-13-5-2-1-3-6-13/h1-3,5-6,8-9,11,15H,4,7,10,12H2/t15-/m1/s1. The molecule has 0 radical (unpaired) electrons. The number of carbonyl (C=O) groups excluding carboxylic acids is 1. The van der Waals surface area contributed by atoms with Crippen molar-refractivity contribution in [2.24, 2.45) is 0 Å². The van der Waals surface area contributed by atoms with Gasteiger partial charge in [0, 0.05) is 12.7 Å². The van der Waals surface area contributed by atoms with Gasteiger partial charge < -0.3 is 9.64 Å². The minimum Gasteiger partial charge on any atom is -0.445 e. The van der Waals surface area contributed by atoms with Crippen LogP contribution in [0.2, 0.25) is 5.15 Å². The van der Waals surface area contributed by atoms with E-state index in [0.29, 0.717) is 18.3 Å². The Kier molecular flexibility index (Phi) is 4.59. The number of halogens is 1. The van der Waals surface area contributed by atoms with Crippen LogP contribution < -0.4 is 0 Å². The molecule has 1 amide bonds. The normalized spacial score (nSPS) is 17.5. The smallest absolute Gasteiger partial charge is 0.410 e. The highest BCUT2D eigenvalue weighted by atomic mass is 35.5. The molecule has 1 saturated heterocycles. The van der Waals surface area contributed by atoms with E-state index in [-0.39, 0.29) is 12.1 Å². The van der Waals surface area contributed by atoms with Crippen LogP contribution in [0.5, 0.6) is 0 Å². The molecule has 4 nitrogen and oxygen atoms in total. The van der Waals surface area contributed by atoms with Gasteiger partial charge >= 0.3 is 6.09 Å². The number of ether oxygens (including phenoxy) is 1. The fourth-order valence-corrected chi connectivity index (χ4v) is 2.83. The van der Waals surface area contributed by atoms with E-state index in [9.17, 15) is 4.79 Å². The molecule has 0 saturated carbocycles. The van der Waals surface area contributed by atoms with Crippen molar-refractivity contribution in [3.63, 3.8) is 0 Å². The highest BCUT2D eigenvalue weighted by Crippen LogP contribution is 2.32. The number of benzene rings is 1. The van der Waals surface area contributed by atoms with Crippen LogP contribution in [-0.4, -0.2) is 22.5 Å². The number of nitrogens with zero attached hydrogens (tertiary/aromatic N) is 2. The van der Waals surface area contributed by atoms with Gasteiger partial charge in [-0.05, 0) is 30.0 Å². The second-order valence-electron chi connectivity index (χ2n) is 5.31. The molecule has 5 heteroatoms. The molecule has 1 aliphatic heterocycles. The van der Waals surface area contributed by atoms with E-state index in [1.54, 1.807) is 17.2 Å². The topological polar surface area (TPSA) is 42.4 Å². The second-order valence-corrected chi connectivity index (χ2v) is 5.69. The molecule has 0 unspecified atom stereocenters. The van der Waals surface area contributed by atoms with E-state index in [1.165, 1.54) is 0 Å². The lowest BCUT2D eigenvalue weighted by atomic mass is 10.1. The third-order valence-electron chi connectivity index (χ3n) is 3.83. The van der Waals surface area contributed by atoms with Crippen LogP contribution in [0.4, 0.5) is 4.79 Å². The Morgan fingerprint density at radius 2 is 2.09 bits per heavy atom. The van der Waals surface area contributed by atoms with E-state index in [4.69, 9.17) is 16.3 Å². The number of pyridine rings is 1. The van der Waals surface area contributed by atoms with Gasteiger partial charge in [0.2, 0.25) is 0 Å². The minimum absolute atomic E-state index is 0.0213. The average Bonchev–Trinajstić information content (AvgIpc) is 3.04. The largest absolute Gasteiger partial charge is 0.445 e. The summed E-state index contributed by atoms with van der Waals surface area (Å²) in [6, 6.07) is 13.4. The molecule has 1 aromatic heterocycles. The van der Waals surface area contributed by atoms with E-state index in [2.05, 4.69) is 4.98 Å². The summed E-state index contributed by atoms with van der Waals surface area (Å²) < 4.78 is 5.43. The molecule has 1 atom stereocenters. The predicted octanol–water partition coefficient (Wildman–Crippen LogP) is 4.21. The van der Waals surface area contributed by atoms with Crippen LogP contribution in [0.3, 0.4) is 0 Å². The highest BCUT2D eigenvalue weighted by molar-refractivity contribution is 6.29. The third kappa shape index (κ3) is 3.39. The zero-order chi connectivity index (χ0) is 15.4. The fraction of sp³-hybridized carbons (Fsp3) is 0.294. The predicted molar refractivity (Wildman–Crippen MR) is 84.6 cm³/mol. The van der Waals surface area contributed by atoms with Crippen molar-refractivity contribution in [1.29, 1.82) is 0 Å². The molecule has 1 fully saturated rings. The molecular formula is C17H17ClN2O2. The summed E-state index contributed by atoms with van der Waals surface area (Å²) in [5.74, 6) is 0. The molecule has 0 N–H and O–H groups in total. The van der Waals surface area contributed by atoms with E-state index < -0.39 is 0 Å². The summed E-state index contributed by atoms with van der Waals surface area (Å²) in [4.78, 5) is 18.2. The van der Waals surface area contributed by atoms with Gasteiger partial charge in [-0.1, -0.05) is 48.0 Å². The van der Waals surface area contributed by atoms with Gasteiger partial charge in [0.05, 0.1) is 6.04 Å². The van der Waals surface area contributed by atoms with Crippen molar-refractivity contribution in [3.05, 3.63) is 64.9 Å². The SMILES string of the molecule is O=C(OCc1ccccc1)N1CCC[C@@H]1c1ccc(Cl)nc1. The Morgan fingerprint density at radius 3 is 2.82 bits per heavy atom. The number of hydrogen-bond donors (Lipinski definition) is 0. The Balaban J connectivity index is 1.65. The fourth-order valence-electron chi connectivity index (χ4n) is 2.72. The Labute approximate surface area is 134 Å². The maximum absolute atomic E-state index is 12.3. The Morgan fingerprint density at radius 1 is 1.27 bits per heavy atom. The van der Waals surface area contributed by atoms with Crippen molar-refractivity contribution < 1.29 is 9.53 Å². The molecule has 3 rings (SSSR count). The summed E-state index contributed by atoms with van der Waals surface area (Å²) >= 11 is 5.82. The maximum atomic E-state index is 12.3. The van der Waals surface area contributed by atoms with Gasteiger partial charge in [-0.15, -0.1) is 0 Å². The number of likely N-dealkylation sites (tertiary alicyclic amines) is 1. The average molecular weight is 317 g/mol. The van der Waals surface area contributed by atoms with Crippen LogP contribution in [0.25, 0.3) is 0 Å². The first kappa shape index (κ1) is 14.9. The van der Waals surface area contributed by atoms with Gasteiger partial charge in [0.25, 0.3) is 0 Å². The van der Waals surface area contributed by atoms with Crippen LogP contribution in [0.1, 0.15) is 30.0 Å². The Bertz CT molecular complexity index is 631. The molecule has 114 valence electrons. The molecule has 1 aliphatic rings. The summed E-state index contributed by atoms with van der Waals surface area (Å²) in [7, 11) is 0. The number of amides is 1. The van der Waals surface area contributed by atoms with Crippen molar-refractivity contribution in [2.75, 3.05) is 6.54 Å². The maximum Gasteiger partial charge on any atom is 0.410 e. The quantitative estimate of drug-likeness (QED) is 0.797. The van der Waals surface area contributed by atoms with Crippen LogP contribution in [-0.2, 0) is 11.3 Å². The van der Waals surface area contributed by atoms with Gasteiger partial charge in [-0.3, -0.25) is 0 Å². The molecule has 0 spiro atoms. The third-order valence-corrected chi connectivity index (χ3v) is 4.05. The molecular weight excluding hydrogens is 300 g/mol. The van der Waals surface area contributed by atoms with Crippen LogP contribution in [0, 0.1) is 0 Å². The molecule has 0 aliphatic carbocycles. The van der Waals surface area contributed by atoms with E-state index in [1.807, 2.05) is 36.4 Å². The van der Waals surface area contributed by atoms with Crippen LogP contribution in [0.15, 0.2) is 48.7 Å². The minimum atomic E-state index is -0.277. The molecule has 0 bridgehead atoms. The highest BCUT2D eigenvalue weighted by Gasteiger charge is 2.31. The molecule has 2 aromatic rings. The van der Waals surface area contributed by atoms with Gasteiger partial charge in [-0.2, -0.15) is 0 Å².